The van der Waals surface area contributed by atoms with Crippen LogP contribution in [0.25, 0.3) is 0 Å². The lowest BCUT2D eigenvalue weighted by molar-refractivity contribution is 1.10. The highest BCUT2D eigenvalue weighted by molar-refractivity contribution is 5.62. The second-order valence-corrected chi connectivity index (χ2v) is 5.83. The number of nitrogens with one attached hydrogen (secondary N) is 2. The second-order valence-electron chi connectivity index (χ2n) is 5.83. The Hall–Kier alpha value is -2.88. The van der Waals surface area contributed by atoms with Gasteiger partial charge in [0.05, 0.1) is 0 Å². The highest BCUT2D eigenvalue weighted by Crippen LogP contribution is 2.21. The van der Waals surface area contributed by atoms with Crippen molar-refractivity contribution in [2.75, 3.05) is 10.6 Å². The third-order valence-corrected chi connectivity index (χ3v) is 3.88. The minimum Gasteiger partial charge on any atom is -0.340 e. The molecule has 0 saturated carbocycles. The Morgan fingerprint density at radius 1 is 0.875 bits per heavy atom. The van der Waals surface area contributed by atoms with Crippen LogP contribution in [0.3, 0.4) is 0 Å². The lowest BCUT2D eigenvalue weighted by Crippen LogP contribution is -2.03. The number of hydrogen-bond acceptors (Lipinski definition) is 4. The molecule has 122 valence electrons. The van der Waals surface area contributed by atoms with Crippen LogP contribution >= 0.6 is 0 Å². The van der Waals surface area contributed by atoms with E-state index < -0.39 is 0 Å². The molecule has 4 nitrogen and oxygen atoms in total. The molecule has 0 atom stereocenters. The van der Waals surface area contributed by atoms with Crippen molar-refractivity contribution >= 4 is 23.1 Å². The zero-order valence-corrected chi connectivity index (χ0v) is 14.3. The molecule has 0 bridgehead atoms. The molecule has 1 heterocycles. The van der Waals surface area contributed by atoms with Gasteiger partial charge in [0.25, 0.3) is 0 Å². The van der Waals surface area contributed by atoms with Crippen molar-refractivity contribution < 1.29 is 0 Å². The van der Waals surface area contributed by atoms with Crippen molar-refractivity contribution in [2.45, 2.75) is 27.2 Å². The summed E-state index contributed by atoms with van der Waals surface area (Å²) in [7, 11) is 0. The first-order chi connectivity index (χ1) is 11.6. The molecule has 0 aliphatic rings. The van der Waals surface area contributed by atoms with E-state index in [2.05, 4.69) is 64.8 Å². The van der Waals surface area contributed by atoms with Crippen LogP contribution in [0.15, 0.2) is 54.6 Å². The second kappa shape index (κ2) is 7.13. The quantitative estimate of drug-likeness (QED) is 0.683. The predicted molar refractivity (Wildman–Crippen MR) is 100 cm³/mol. The van der Waals surface area contributed by atoms with Gasteiger partial charge in [-0.3, -0.25) is 0 Å². The van der Waals surface area contributed by atoms with Crippen molar-refractivity contribution in [1.82, 2.24) is 9.97 Å². The maximum absolute atomic E-state index is 4.57. The fraction of sp³-hybridized carbons (Fsp3) is 0.200. The van der Waals surface area contributed by atoms with E-state index in [0.29, 0.717) is 5.95 Å². The van der Waals surface area contributed by atoms with Gasteiger partial charge in [-0.25, -0.2) is 4.98 Å². The number of benzene rings is 2. The van der Waals surface area contributed by atoms with Gasteiger partial charge in [0, 0.05) is 23.1 Å². The minimum absolute atomic E-state index is 0.593. The summed E-state index contributed by atoms with van der Waals surface area (Å²) in [6, 6.07) is 18.4. The average Bonchev–Trinajstić information content (AvgIpc) is 2.57. The van der Waals surface area contributed by atoms with E-state index in [-0.39, 0.29) is 0 Å². The smallest absolute Gasteiger partial charge is 0.229 e. The number of nitrogens with zero attached hydrogens (tertiary/aromatic N) is 2. The van der Waals surface area contributed by atoms with Crippen LogP contribution in [0.1, 0.15) is 23.7 Å². The van der Waals surface area contributed by atoms with Crippen LogP contribution in [0, 0.1) is 13.8 Å². The molecule has 3 aromatic rings. The molecule has 0 spiro atoms. The maximum Gasteiger partial charge on any atom is 0.229 e. The van der Waals surface area contributed by atoms with Crippen LogP contribution in [-0.4, -0.2) is 9.97 Å². The van der Waals surface area contributed by atoms with Gasteiger partial charge < -0.3 is 10.6 Å². The fourth-order valence-electron chi connectivity index (χ4n) is 2.49. The van der Waals surface area contributed by atoms with E-state index in [0.717, 1.165) is 29.3 Å². The Bertz CT molecular complexity index is 825. The fourth-order valence-corrected chi connectivity index (χ4v) is 2.49. The Balaban J connectivity index is 1.81. The molecule has 1 aromatic heterocycles. The average molecular weight is 318 g/mol. The van der Waals surface area contributed by atoms with Crippen LogP contribution < -0.4 is 10.6 Å². The Morgan fingerprint density at radius 2 is 1.62 bits per heavy atom. The molecule has 2 N–H and O–H groups in total. The summed E-state index contributed by atoms with van der Waals surface area (Å²) in [6.45, 7) is 6.19. The molecule has 0 amide bonds. The molecule has 2 aromatic carbocycles. The first kappa shape index (κ1) is 16.0. The van der Waals surface area contributed by atoms with E-state index in [1.807, 2.05) is 31.2 Å². The molecule has 4 heteroatoms. The van der Waals surface area contributed by atoms with Gasteiger partial charge in [-0.05, 0) is 49.6 Å². The molecule has 0 fully saturated rings. The van der Waals surface area contributed by atoms with Crippen molar-refractivity contribution in [1.29, 1.82) is 0 Å². The molecule has 0 aliphatic carbocycles. The SMILES string of the molecule is CCc1ccc(Nc2nc(C)cc(Nc3ccccc3C)n2)cc1. The molecule has 0 saturated heterocycles. The maximum atomic E-state index is 4.57. The Morgan fingerprint density at radius 3 is 2.33 bits per heavy atom. The molecule has 0 radical (unpaired) electrons. The highest BCUT2D eigenvalue weighted by Gasteiger charge is 2.05. The number of hydrogen-bond donors (Lipinski definition) is 2. The van der Waals surface area contributed by atoms with E-state index in [9.17, 15) is 0 Å². The van der Waals surface area contributed by atoms with Gasteiger partial charge in [-0.15, -0.1) is 0 Å². The summed E-state index contributed by atoms with van der Waals surface area (Å²) in [5, 5.41) is 6.64. The summed E-state index contributed by atoms with van der Waals surface area (Å²) in [5.74, 6) is 1.37. The zero-order valence-electron chi connectivity index (χ0n) is 14.3. The highest BCUT2D eigenvalue weighted by atomic mass is 15.1. The summed E-state index contributed by atoms with van der Waals surface area (Å²) in [6.07, 6.45) is 1.03. The largest absolute Gasteiger partial charge is 0.340 e. The Kier molecular flexibility index (Phi) is 4.75. The number of aryl methyl sites for hydroxylation is 3. The molecule has 24 heavy (non-hydrogen) atoms. The summed E-state index contributed by atoms with van der Waals surface area (Å²) >= 11 is 0. The third-order valence-electron chi connectivity index (χ3n) is 3.88. The lowest BCUT2D eigenvalue weighted by Gasteiger charge is -2.11. The summed E-state index contributed by atoms with van der Waals surface area (Å²) < 4.78 is 0. The summed E-state index contributed by atoms with van der Waals surface area (Å²) in [4.78, 5) is 9.05. The lowest BCUT2D eigenvalue weighted by atomic mass is 10.1. The van der Waals surface area contributed by atoms with Crippen LogP contribution in [0.5, 0.6) is 0 Å². The van der Waals surface area contributed by atoms with Gasteiger partial charge >= 0.3 is 0 Å². The van der Waals surface area contributed by atoms with E-state index in [1.54, 1.807) is 0 Å². The molecule has 3 rings (SSSR count). The number of aromatic nitrogens is 2. The molecule has 0 aliphatic heterocycles. The number of para-hydroxylation sites is 1. The molecular weight excluding hydrogens is 296 g/mol. The van der Waals surface area contributed by atoms with Gasteiger partial charge in [-0.2, -0.15) is 4.98 Å². The van der Waals surface area contributed by atoms with Gasteiger partial charge in [0.2, 0.25) is 5.95 Å². The zero-order chi connectivity index (χ0) is 16.9. The van der Waals surface area contributed by atoms with Crippen molar-refractivity contribution in [3.63, 3.8) is 0 Å². The number of rotatable bonds is 5. The first-order valence-corrected chi connectivity index (χ1v) is 8.18. The van der Waals surface area contributed by atoms with Gasteiger partial charge in [0.1, 0.15) is 5.82 Å². The Labute approximate surface area is 143 Å². The van der Waals surface area contributed by atoms with Crippen molar-refractivity contribution in [3.05, 3.63) is 71.4 Å². The molecular formula is C20H22N4. The summed E-state index contributed by atoms with van der Waals surface area (Å²) in [5.41, 5.74) is 5.44. The van der Waals surface area contributed by atoms with E-state index in [1.165, 1.54) is 11.1 Å². The van der Waals surface area contributed by atoms with Gasteiger partial charge in [-0.1, -0.05) is 37.3 Å². The molecule has 0 unspecified atom stereocenters. The standard InChI is InChI=1S/C20H22N4/c1-4-16-9-11-17(12-10-16)22-20-21-15(3)13-19(24-20)23-18-8-6-5-7-14(18)2/h5-13H,4H2,1-3H3,(H2,21,22,23,24). The predicted octanol–water partition coefficient (Wildman–Crippen LogP) is 5.14. The van der Waals surface area contributed by atoms with Crippen molar-refractivity contribution in [3.8, 4) is 0 Å². The number of anilines is 4. The third kappa shape index (κ3) is 3.90. The van der Waals surface area contributed by atoms with E-state index >= 15 is 0 Å². The topological polar surface area (TPSA) is 49.8 Å². The van der Waals surface area contributed by atoms with Crippen LogP contribution in [-0.2, 0) is 6.42 Å². The monoisotopic (exact) mass is 318 g/mol. The van der Waals surface area contributed by atoms with E-state index in [4.69, 9.17) is 0 Å². The van der Waals surface area contributed by atoms with Gasteiger partial charge in [0.15, 0.2) is 0 Å². The van der Waals surface area contributed by atoms with Crippen molar-refractivity contribution in [2.24, 2.45) is 0 Å². The minimum atomic E-state index is 0.593. The normalized spacial score (nSPS) is 10.5. The first-order valence-electron chi connectivity index (χ1n) is 8.18. The van der Waals surface area contributed by atoms with Crippen LogP contribution in [0.4, 0.5) is 23.1 Å². The van der Waals surface area contributed by atoms with Crippen LogP contribution in [0.2, 0.25) is 0 Å².